The SMILES string of the molecule is COC(=O)[C@@]12S[C@@H](c3ccccc31)[C@H]1C(=O)CCC(=O)[C@H]12. The highest BCUT2D eigenvalue weighted by atomic mass is 32.2. The van der Waals surface area contributed by atoms with E-state index in [9.17, 15) is 14.4 Å². The maximum atomic E-state index is 12.6. The topological polar surface area (TPSA) is 60.4 Å². The van der Waals surface area contributed by atoms with Crippen LogP contribution in [0.1, 0.15) is 29.2 Å². The highest BCUT2D eigenvalue weighted by molar-refractivity contribution is 8.01. The summed E-state index contributed by atoms with van der Waals surface area (Å²) in [7, 11) is 1.34. The Morgan fingerprint density at radius 1 is 1.24 bits per heavy atom. The number of benzene rings is 1. The number of methoxy groups -OCH3 is 1. The molecule has 1 saturated carbocycles. The molecule has 4 atom stereocenters. The van der Waals surface area contributed by atoms with Crippen LogP contribution in [0.3, 0.4) is 0 Å². The molecule has 0 unspecified atom stereocenters. The molecule has 1 aromatic rings. The fourth-order valence-electron chi connectivity index (χ4n) is 4.13. The van der Waals surface area contributed by atoms with Gasteiger partial charge in [0.25, 0.3) is 0 Å². The second-order valence-corrected chi connectivity index (χ2v) is 7.18. The average Bonchev–Trinajstić information content (AvgIpc) is 3.04. The van der Waals surface area contributed by atoms with Gasteiger partial charge in [-0.2, -0.15) is 0 Å². The Morgan fingerprint density at radius 3 is 2.71 bits per heavy atom. The molecule has 2 heterocycles. The van der Waals surface area contributed by atoms with Crippen molar-refractivity contribution in [1.29, 1.82) is 0 Å². The van der Waals surface area contributed by atoms with Gasteiger partial charge in [-0.25, -0.2) is 0 Å². The van der Waals surface area contributed by atoms with Crippen molar-refractivity contribution in [1.82, 2.24) is 0 Å². The van der Waals surface area contributed by atoms with Crippen molar-refractivity contribution in [3.05, 3.63) is 35.4 Å². The van der Waals surface area contributed by atoms with Crippen LogP contribution in [-0.4, -0.2) is 24.6 Å². The molecular weight excluding hydrogens is 288 g/mol. The number of ketones is 2. The minimum Gasteiger partial charge on any atom is -0.468 e. The number of hydrogen-bond donors (Lipinski definition) is 0. The molecule has 1 aliphatic carbocycles. The van der Waals surface area contributed by atoms with E-state index in [1.54, 1.807) is 0 Å². The molecule has 2 aliphatic heterocycles. The summed E-state index contributed by atoms with van der Waals surface area (Å²) in [6, 6.07) is 7.63. The summed E-state index contributed by atoms with van der Waals surface area (Å²) in [5.41, 5.74) is 1.87. The Balaban J connectivity index is 1.99. The summed E-state index contributed by atoms with van der Waals surface area (Å²) in [6.45, 7) is 0. The predicted octanol–water partition coefficient (Wildman–Crippen LogP) is 2.02. The second-order valence-electron chi connectivity index (χ2n) is 5.79. The summed E-state index contributed by atoms with van der Waals surface area (Å²) >= 11 is 1.44. The first-order chi connectivity index (χ1) is 10.1. The molecule has 4 nitrogen and oxygen atoms in total. The summed E-state index contributed by atoms with van der Waals surface area (Å²) in [5, 5.41) is -0.0953. The lowest BCUT2D eigenvalue weighted by atomic mass is 9.62. The molecule has 4 rings (SSSR count). The number of Topliss-reactive ketones (excluding diaryl/α,β-unsaturated/α-hetero) is 2. The fourth-order valence-corrected chi connectivity index (χ4v) is 6.24. The standard InChI is InChI=1S/C16H14O4S/c1-20-15(19)16-9-5-3-2-4-8(9)14(21-16)12-10(17)6-7-11(18)13(12)16/h2-5,12-14H,6-7H2,1H3/t12-,13+,14-,16+/m0/s1. The zero-order valence-electron chi connectivity index (χ0n) is 11.5. The zero-order chi connectivity index (χ0) is 14.8. The van der Waals surface area contributed by atoms with Gasteiger partial charge in [0.2, 0.25) is 0 Å². The summed E-state index contributed by atoms with van der Waals surface area (Å²) in [5.74, 6) is -1.20. The van der Waals surface area contributed by atoms with Crippen LogP contribution in [0, 0.1) is 11.8 Å². The number of carbonyl (C=O) groups excluding carboxylic acids is 3. The summed E-state index contributed by atoms with van der Waals surface area (Å²) < 4.78 is 4.00. The van der Waals surface area contributed by atoms with Crippen LogP contribution in [0.25, 0.3) is 0 Å². The number of rotatable bonds is 1. The van der Waals surface area contributed by atoms with Gasteiger partial charge in [0, 0.05) is 24.0 Å². The first kappa shape index (κ1) is 13.1. The number of carbonyl (C=O) groups is 3. The third-order valence-electron chi connectivity index (χ3n) is 4.93. The monoisotopic (exact) mass is 302 g/mol. The molecule has 0 radical (unpaired) electrons. The number of thioether (sulfide) groups is 1. The van der Waals surface area contributed by atoms with Gasteiger partial charge in [0.1, 0.15) is 16.3 Å². The zero-order valence-corrected chi connectivity index (χ0v) is 12.3. The van der Waals surface area contributed by atoms with E-state index in [2.05, 4.69) is 0 Å². The Kier molecular flexibility index (Phi) is 2.61. The van der Waals surface area contributed by atoms with Gasteiger partial charge in [-0.1, -0.05) is 24.3 Å². The molecule has 108 valence electrons. The normalized spacial score (nSPS) is 36.3. The third-order valence-corrected chi connectivity index (χ3v) is 6.74. The van der Waals surface area contributed by atoms with Crippen molar-refractivity contribution in [2.45, 2.75) is 22.8 Å². The van der Waals surface area contributed by atoms with E-state index in [0.29, 0.717) is 6.42 Å². The molecule has 21 heavy (non-hydrogen) atoms. The molecule has 1 aromatic carbocycles. The van der Waals surface area contributed by atoms with Gasteiger partial charge in [0.05, 0.1) is 13.0 Å². The van der Waals surface area contributed by atoms with Crippen molar-refractivity contribution in [3.63, 3.8) is 0 Å². The van der Waals surface area contributed by atoms with Gasteiger partial charge >= 0.3 is 5.97 Å². The third kappa shape index (κ3) is 1.40. The highest BCUT2D eigenvalue weighted by Crippen LogP contribution is 2.71. The molecule has 5 heteroatoms. The van der Waals surface area contributed by atoms with Gasteiger partial charge in [-0.15, -0.1) is 11.8 Å². The first-order valence-corrected chi connectivity index (χ1v) is 7.90. The minimum absolute atomic E-state index is 0.0227. The Bertz CT molecular complexity index is 683. The van der Waals surface area contributed by atoms with Crippen LogP contribution in [0.5, 0.6) is 0 Å². The number of ether oxygens (including phenoxy) is 1. The van der Waals surface area contributed by atoms with Crippen molar-refractivity contribution in [3.8, 4) is 0 Å². The predicted molar refractivity (Wildman–Crippen MR) is 76.7 cm³/mol. The lowest BCUT2D eigenvalue weighted by Gasteiger charge is -2.38. The molecule has 0 spiro atoms. The summed E-state index contributed by atoms with van der Waals surface area (Å²) in [6.07, 6.45) is 0.546. The van der Waals surface area contributed by atoms with E-state index in [1.165, 1.54) is 18.9 Å². The van der Waals surface area contributed by atoms with Crippen LogP contribution >= 0.6 is 11.8 Å². The number of esters is 1. The average molecular weight is 302 g/mol. The van der Waals surface area contributed by atoms with Crippen LogP contribution in [0.15, 0.2) is 24.3 Å². The fraction of sp³-hybridized carbons (Fsp3) is 0.438. The van der Waals surface area contributed by atoms with Crippen molar-refractivity contribution in [2.75, 3.05) is 7.11 Å². The molecule has 0 N–H and O–H groups in total. The Morgan fingerprint density at radius 2 is 1.95 bits per heavy atom. The lowest BCUT2D eigenvalue weighted by molar-refractivity contribution is -0.151. The van der Waals surface area contributed by atoms with Gasteiger partial charge in [0.15, 0.2) is 0 Å². The minimum atomic E-state index is -1.02. The first-order valence-electron chi connectivity index (χ1n) is 7.02. The Labute approximate surface area is 126 Å². The van der Waals surface area contributed by atoms with Gasteiger partial charge in [-0.3, -0.25) is 14.4 Å². The number of hydrogen-bond acceptors (Lipinski definition) is 5. The summed E-state index contributed by atoms with van der Waals surface area (Å²) in [4.78, 5) is 37.4. The molecule has 2 fully saturated rings. The highest BCUT2D eigenvalue weighted by Gasteiger charge is 2.70. The smallest absolute Gasteiger partial charge is 0.327 e. The maximum absolute atomic E-state index is 12.6. The van der Waals surface area contributed by atoms with Crippen LogP contribution in [0.2, 0.25) is 0 Å². The van der Waals surface area contributed by atoms with Crippen LogP contribution < -0.4 is 0 Å². The van der Waals surface area contributed by atoms with E-state index in [-0.39, 0.29) is 29.2 Å². The van der Waals surface area contributed by atoms with E-state index in [0.717, 1.165) is 11.1 Å². The molecular formula is C16H14O4S. The molecule has 0 aromatic heterocycles. The van der Waals surface area contributed by atoms with Crippen LogP contribution in [-0.2, 0) is 23.9 Å². The van der Waals surface area contributed by atoms with E-state index >= 15 is 0 Å². The van der Waals surface area contributed by atoms with Gasteiger partial charge < -0.3 is 4.74 Å². The number of fused-ring (bicyclic) bond motifs is 8. The molecule has 1 saturated heterocycles. The molecule has 3 aliphatic rings. The van der Waals surface area contributed by atoms with Crippen LogP contribution in [0.4, 0.5) is 0 Å². The van der Waals surface area contributed by atoms with Gasteiger partial charge in [-0.05, 0) is 11.1 Å². The van der Waals surface area contributed by atoms with Crippen molar-refractivity contribution in [2.24, 2.45) is 11.8 Å². The Hall–Kier alpha value is -1.62. The van der Waals surface area contributed by atoms with Crippen molar-refractivity contribution >= 4 is 29.3 Å². The van der Waals surface area contributed by atoms with E-state index in [1.807, 2.05) is 24.3 Å². The quantitative estimate of drug-likeness (QED) is 0.743. The second kappa shape index (κ2) is 4.19. The van der Waals surface area contributed by atoms with Crippen molar-refractivity contribution < 1.29 is 19.1 Å². The molecule has 2 bridgehead atoms. The van der Waals surface area contributed by atoms with E-state index in [4.69, 9.17) is 4.74 Å². The lowest BCUT2D eigenvalue weighted by Crippen LogP contribution is -2.49. The maximum Gasteiger partial charge on any atom is 0.327 e. The molecule has 0 amide bonds. The largest absolute Gasteiger partial charge is 0.468 e. The van der Waals surface area contributed by atoms with E-state index < -0.39 is 16.6 Å².